The van der Waals surface area contributed by atoms with Crippen LogP contribution in [-0.4, -0.2) is 42.7 Å². The summed E-state index contributed by atoms with van der Waals surface area (Å²) in [6.07, 6.45) is 2.53. The normalized spacial score (nSPS) is 11.6. The number of thiophene rings is 1. The molecule has 35 heavy (non-hydrogen) atoms. The van der Waals surface area contributed by atoms with E-state index in [-0.39, 0.29) is 36.4 Å². The van der Waals surface area contributed by atoms with E-state index in [1.165, 1.54) is 31.0 Å². The molecule has 0 atom stereocenters. The molecule has 0 aliphatic rings. The van der Waals surface area contributed by atoms with Crippen molar-refractivity contribution in [1.82, 2.24) is 30.1 Å². The highest BCUT2D eigenvalue weighted by Crippen LogP contribution is 2.34. The molecule has 4 aromatic rings. The van der Waals surface area contributed by atoms with Gasteiger partial charge in [-0.05, 0) is 18.1 Å². The summed E-state index contributed by atoms with van der Waals surface area (Å²) in [7, 11) is 0. The van der Waals surface area contributed by atoms with Crippen LogP contribution in [-0.2, 0) is 17.5 Å². The fourth-order valence-electron chi connectivity index (χ4n) is 2.86. The summed E-state index contributed by atoms with van der Waals surface area (Å²) in [5.74, 6) is -1.56. The van der Waals surface area contributed by atoms with E-state index >= 15 is 0 Å². The number of anilines is 2. The van der Waals surface area contributed by atoms with Crippen LogP contribution in [0.2, 0.25) is 0 Å². The first kappa shape index (κ1) is 24.2. The Hall–Kier alpha value is -3.94. The van der Waals surface area contributed by atoms with Gasteiger partial charge in [-0.1, -0.05) is 19.0 Å². The molecule has 4 heterocycles. The fraction of sp³-hybridized carbons (Fsp3) is 0.286. The van der Waals surface area contributed by atoms with Gasteiger partial charge in [0.05, 0.1) is 24.2 Å². The van der Waals surface area contributed by atoms with Gasteiger partial charge in [0.1, 0.15) is 0 Å². The van der Waals surface area contributed by atoms with Crippen molar-refractivity contribution in [2.45, 2.75) is 26.6 Å². The third-order valence-corrected chi connectivity index (χ3v) is 5.43. The molecule has 0 aliphatic heterocycles. The number of aromatic nitrogens is 6. The summed E-state index contributed by atoms with van der Waals surface area (Å²) in [6.45, 7) is 4.17. The number of carbonyl (C=O) groups is 1. The second-order valence-corrected chi connectivity index (χ2v) is 8.73. The zero-order chi connectivity index (χ0) is 25.0. The smallest absolute Gasteiger partial charge is 0.461 e. The molecule has 0 spiro atoms. The second-order valence-electron chi connectivity index (χ2n) is 7.56. The Bertz CT molecular complexity index is 1290. The van der Waals surface area contributed by atoms with Crippen molar-refractivity contribution in [3.05, 3.63) is 59.6 Å². The number of ether oxygens (including phenoxy) is 1. The van der Waals surface area contributed by atoms with Crippen molar-refractivity contribution in [3.8, 4) is 10.7 Å². The highest BCUT2D eigenvalue weighted by molar-refractivity contribution is 7.15. The first-order valence-electron chi connectivity index (χ1n) is 10.2. The van der Waals surface area contributed by atoms with Crippen molar-refractivity contribution >= 4 is 28.9 Å². The van der Waals surface area contributed by atoms with Gasteiger partial charge in [0.15, 0.2) is 17.3 Å². The van der Waals surface area contributed by atoms with Gasteiger partial charge in [-0.2, -0.15) is 18.2 Å². The minimum Gasteiger partial charge on any atom is -0.461 e. The molecule has 0 N–H and O–H groups in total. The predicted molar refractivity (Wildman–Crippen MR) is 118 cm³/mol. The molecule has 182 valence electrons. The van der Waals surface area contributed by atoms with E-state index in [1.807, 2.05) is 13.8 Å². The standard InChI is InChI=1S/C21H18F3N7O3S/c1-12(2)11-33-19(32)16-18(28-8-7-27-16)31(15-9-25-5-6-26-15)10-13-3-4-14(35-13)17-29-20(34-30-17)21(22,23)24/h3-9,12H,10-11H2,1-2H3. The molecule has 0 radical (unpaired) electrons. The Labute approximate surface area is 200 Å². The number of hydrogen-bond acceptors (Lipinski definition) is 11. The maximum atomic E-state index is 12.8. The average molecular weight is 505 g/mol. The Morgan fingerprint density at radius 1 is 1.14 bits per heavy atom. The monoisotopic (exact) mass is 505 g/mol. The summed E-state index contributed by atoms with van der Waals surface area (Å²) >= 11 is 1.15. The van der Waals surface area contributed by atoms with Gasteiger partial charge in [0.2, 0.25) is 5.82 Å². The Balaban J connectivity index is 1.66. The van der Waals surface area contributed by atoms with Gasteiger partial charge < -0.3 is 14.2 Å². The van der Waals surface area contributed by atoms with E-state index in [0.29, 0.717) is 15.6 Å². The van der Waals surface area contributed by atoms with Gasteiger partial charge in [-0.15, -0.1) is 11.3 Å². The lowest BCUT2D eigenvalue weighted by Gasteiger charge is -2.23. The largest absolute Gasteiger partial charge is 0.471 e. The molecule has 0 aliphatic carbocycles. The number of hydrogen-bond donors (Lipinski definition) is 0. The van der Waals surface area contributed by atoms with Gasteiger partial charge in [-0.3, -0.25) is 4.98 Å². The SMILES string of the molecule is CC(C)COC(=O)c1nccnc1N(Cc1ccc(-c2noc(C(F)(F)F)n2)s1)c1cnccn1. The average Bonchev–Trinajstić information content (AvgIpc) is 3.51. The molecule has 0 bridgehead atoms. The molecule has 4 rings (SSSR count). The quantitative estimate of drug-likeness (QED) is 0.315. The number of rotatable bonds is 8. The van der Waals surface area contributed by atoms with Crippen molar-refractivity contribution in [3.63, 3.8) is 0 Å². The summed E-state index contributed by atoms with van der Waals surface area (Å²) in [4.78, 5) is 35.7. The number of halogens is 3. The lowest BCUT2D eigenvalue weighted by Crippen LogP contribution is -2.23. The van der Waals surface area contributed by atoms with Crippen LogP contribution in [0.5, 0.6) is 0 Å². The number of carbonyl (C=O) groups excluding carboxylic acids is 1. The third-order valence-electron chi connectivity index (χ3n) is 4.37. The van der Waals surface area contributed by atoms with Gasteiger partial charge >= 0.3 is 18.0 Å². The highest BCUT2D eigenvalue weighted by Gasteiger charge is 2.38. The zero-order valence-corrected chi connectivity index (χ0v) is 19.2. The van der Waals surface area contributed by atoms with Crippen LogP contribution in [0, 0.1) is 5.92 Å². The first-order chi connectivity index (χ1) is 16.7. The van der Waals surface area contributed by atoms with Crippen LogP contribution in [0.15, 0.2) is 47.6 Å². The summed E-state index contributed by atoms with van der Waals surface area (Å²) in [6, 6.07) is 3.27. The molecule has 10 nitrogen and oxygen atoms in total. The summed E-state index contributed by atoms with van der Waals surface area (Å²) in [5.41, 5.74) is -0.0106. The van der Waals surface area contributed by atoms with Crippen LogP contribution in [0.1, 0.15) is 35.1 Å². The van der Waals surface area contributed by atoms with Crippen LogP contribution in [0.3, 0.4) is 0 Å². The molecule has 0 unspecified atom stereocenters. The lowest BCUT2D eigenvalue weighted by atomic mass is 10.2. The molecule has 0 amide bonds. The maximum Gasteiger partial charge on any atom is 0.471 e. The number of nitrogens with zero attached hydrogens (tertiary/aromatic N) is 7. The van der Waals surface area contributed by atoms with Crippen LogP contribution in [0.25, 0.3) is 10.7 Å². The summed E-state index contributed by atoms with van der Waals surface area (Å²) < 4.78 is 48.1. The number of alkyl halides is 3. The fourth-order valence-corrected chi connectivity index (χ4v) is 3.78. The van der Waals surface area contributed by atoms with Crippen LogP contribution < -0.4 is 4.90 Å². The minimum atomic E-state index is -4.74. The van der Waals surface area contributed by atoms with Crippen molar-refractivity contribution < 1.29 is 27.2 Å². The van der Waals surface area contributed by atoms with Gasteiger partial charge in [-0.25, -0.2) is 19.7 Å². The van der Waals surface area contributed by atoms with Crippen molar-refractivity contribution in [1.29, 1.82) is 0 Å². The van der Waals surface area contributed by atoms with E-state index in [1.54, 1.807) is 17.0 Å². The van der Waals surface area contributed by atoms with Crippen LogP contribution >= 0.6 is 11.3 Å². The first-order valence-corrected chi connectivity index (χ1v) is 11.1. The van der Waals surface area contributed by atoms with Crippen molar-refractivity contribution in [2.75, 3.05) is 11.5 Å². The molecular formula is C21H18F3N7O3S. The molecular weight excluding hydrogens is 487 g/mol. The van der Waals surface area contributed by atoms with Gasteiger partial charge in [0.25, 0.3) is 0 Å². The van der Waals surface area contributed by atoms with E-state index in [9.17, 15) is 18.0 Å². The lowest BCUT2D eigenvalue weighted by molar-refractivity contribution is -0.159. The Kier molecular flexibility index (Phi) is 7.00. The van der Waals surface area contributed by atoms with E-state index in [4.69, 9.17) is 4.74 Å². The molecule has 14 heteroatoms. The molecule has 4 aromatic heterocycles. The van der Waals surface area contributed by atoms with E-state index < -0.39 is 18.0 Å². The van der Waals surface area contributed by atoms with Crippen LogP contribution in [0.4, 0.5) is 24.8 Å². The van der Waals surface area contributed by atoms with Gasteiger partial charge in [0, 0.05) is 29.7 Å². The second kappa shape index (κ2) is 10.1. The Morgan fingerprint density at radius 2 is 1.91 bits per heavy atom. The highest BCUT2D eigenvalue weighted by atomic mass is 32.1. The van der Waals surface area contributed by atoms with Crippen molar-refractivity contribution in [2.24, 2.45) is 5.92 Å². The zero-order valence-electron chi connectivity index (χ0n) is 18.4. The predicted octanol–water partition coefficient (Wildman–Crippen LogP) is 4.55. The van der Waals surface area contributed by atoms with E-state index in [0.717, 1.165) is 11.3 Å². The maximum absolute atomic E-state index is 12.8. The van der Waals surface area contributed by atoms with E-state index in [2.05, 4.69) is 34.6 Å². The minimum absolute atomic E-state index is 0.0106. The molecule has 0 saturated carbocycles. The Morgan fingerprint density at radius 3 is 2.60 bits per heavy atom. The topological polar surface area (TPSA) is 120 Å². The number of esters is 1. The molecule has 0 aromatic carbocycles. The molecule has 0 saturated heterocycles. The molecule has 0 fully saturated rings. The summed E-state index contributed by atoms with van der Waals surface area (Å²) in [5, 5.41) is 3.42. The third kappa shape index (κ3) is 5.77.